The number of rotatable bonds is 11. The molecule has 0 bridgehead atoms. The summed E-state index contributed by atoms with van der Waals surface area (Å²) in [6, 6.07) is 17.9. The molecule has 31 heavy (non-hydrogen) atoms. The third-order valence-corrected chi connectivity index (χ3v) is 5.19. The first-order valence-electron chi connectivity index (χ1n) is 11.8. The fourth-order valence-electron chi connectivity index (χ4n) is 3.41. The molecule has 0 aromatic heterocycles. The van der Waals surface area contributed by atoms with Crippen molar-refractivity contribution in [2.45, 2.75) is 66.2 Å². The number of allylic oxidation sites excluding steroid dienone is 6. The summed E-state index contributed by atoms with van der Waals surface area (Å²) >= 11 is 0. The van der Waals surface area contributed by atoms with Gasteiger partial charge in [-0.15, -0.1) is 13.2 Å². The van der Waals surface area contributed by atoms with Gasteiger partial charge in [-0.05, 0) is 72.8 Å². The van der Waals surface area contributed by atoms with Crippen molar-refractivity contribution in [1.29, 1.82) is 0 Å². The smallest absolute Gasteiger partial charge is 0 e. The second-order valence-corrected chi connectivity index (χ2v) is 8.12. The lowest BCUT2D eigenvalue weighted by Gasteiger charge is -2.13. The molecule has 170 valence electrons. The summed E-state index contributed by atoms with van der Waals surface area (Å²) < 4.78 is 0. The van der Waals surface area contributed by atoms with Gasteiger partial charge in [-0.3, -0.25) is 0 Å². The highest BCUT2D eigenvalue weighted by Crippen LogP contribution is 2.24. The molecule has 0 heteroatoms. The molecule has 0 unspecified atom stereocenters. The minimum atomic E-state index is 0. The second-order valence-electron chi connectivity index (χ2n) is 8.12. The normalized spacial score (nSPS) is 11.3. The molecule has 0 aliphatic carbocycles. The van der Waals surface area contributed by atoms with E-state index in [-0.39, 0.29) is 2.85 Å². The van der Waals surface area contributed by atoms with Crippen LogP contribution in [0.3, 0.4) is 0 Å². The van der Waals surface area contributed by atoms with Gasteiger partial charge in [0.15, 0.2) is 0 Å². The third-order valence-electron chi connectivity index (χ3n) is 5.19. The Morgan fingerprint density at radius 1 is 0.871 bits per heavy atom. The first-order valence-corrected chi connectivity index (χ1v) is 11.8. The minimum Gasteiger partial charge on any atom is -0.103 e. The van der Waals surface area contributed by atoms with E-state index < -0.39 is 0 Å². The molecule has 0 atom stereocenters. The Morgan fingerprint density at radius 3 is 1.87 bits per heavy atom. The standard InChI is InChI=1S/C28H34.C3H8.2H2/c1-5-8-9-12-23(4)26-19-21-28(22-20-26)27-17-15-25(16-18-27)14-13-24(10-6-2)11-7-3;1-3-2;;/h6-9,12,15-22,24H,2-3,5,10-11,13-14H2,1,4H3;3H2,1-2H3;2*1H/b9-8-,23-12+;;;. The molecule has 0 aliphatic rings. The highest BCUT2D eigenvalue weighted by molar-refractivity contribution is 5.70. The van der Waals surface area contributed by atoms with Gasteiger partial charge in [0.25, 0.3) is 0 Å². The largest absolute Gasteiger partial charge is 0.103 e. The first-order chi connectivity index (χ1) is 15.1. The molecule has 2 rings (SSSR count). The average Bonchev–Trinajstić information content (AvgIpc) is 2.79. The van der Waals surface area contributed by atoms with Crippen LogP contribution in [0.25, 0.3) is 16.7 Å². The van der Waals surface area contributed by atoms with Crippen molar-refractivity contribution < 1.29 is 2.85 Å². The zero-order chi connectivity index (χ0) is 22.9. The number of benzene rings is 2. The first kappa shape index (κ1) is 26.4. The summed E-state index contributed by atoms with van der Waals surface area (Å²) in [6.07, 6.45) is 17.3. The third kappa shape index (κ3) is 10.3. The van der Waals surface area contributed by atoms with E-state index in [2.05, 4.69) is 108 Å². The van der Waals surface area contributed by atoms with Gasteiger partial charge in [0.2, 0.25) is 0 Å². The van der Waals surface area contributed by atoms with E-state index in [0.717, 1.165) is 25.7 Å². The van der Waals surface area contributed by atoms with E-state index in [1.165, 1.54) is 40.7 Å². The van der Waals surface area contributed by atoms with Crippen LogP contribution in [0.15, 0.2) is 92.1 Å². The van der Waals surface area contributed by atoms with Crippen LogP contribution in [0, 0.1) is 5.92 Å². The summed E-state index contributed by atoms with van der Waals surface area (Å²) in [6.45, 7) is 16.3. The van der Waals surface area contributed by atoms with Gasteiger partial charge in [0.05, 0.1) is 0 Å². The molecular weight excluding hydrogens is 372 g/mol. The van der Waals surface area contributed by atoms with E-state index in [0.29, 0.717) is 5.92 Å². The Hall–Kier alpha value is -2.60. The maximum atomic E-state index is 3.88. The van der Waals surface area contributed by atoms with Crippen LogP contribution < -0.4 is 0 Å². The average molecular weight is 419 g/mol. The SMILES string of the molecule is C=CCC(CC=C)CCc1ccc(-c2ccc(/C(C)=C/C=C\CC)cc2)cc1.CCC.[HH].[HH]. The predicted octanol–water partition coefficient (Wildman–Crippen LogP) is 10.3. The van der Waals surface area contributed by atoms with E-state index in [1.54, 1.807) is 0 Å². The highest BCUT2D eigenvalue weighted by Gasteiger charge is 2.06. The fourth-order valence-corrected chi connectivity index (χ4v) is 3.41. The van der Waals surface area contributed by atoms with Gasteiger partial charge in [0, 0.05) is 2.85 Å². The van der Waals surface area contributed by atoms with Crippen molar-refractivity contribution >= 4 is 5.57 Å². The van der Waals surface area contributed by atoms with Gasteiger partial charge in [-0.1, -0.05) is 106 Å². The van der Waals surface area contributed by atoms with E-state index >= 15 is 0 Å². The van der Waals surface area contributed by atoms with Crippen LogP contribution >= 0.6 is 0 Å². The molecule has 0 amide bonds. The van der Waals surface area contributed by atoms with Crippen LogP contribution in [0.5, 0.6) is 0 Å². The maximum absolute atomic E-state index is 3.88. The van der Waals surface area contributed by atoms with Crippen LogP contribution in [0.1, 0.15) is 73.8 Å². The van der Waals surface area contributed by atoms with Gasteiger partial charge >= 0.3 is 0 Å². The molecule has 0 heterocycles. The Morgan fingerprint density at radius 2 is 1.39 bits per heavy atom. The number of hydrogen-bond acceptors (Lipinski definition) is 0. The van der Waals surface area contributed by atoms with Gasteiger partial charge in [0.1, 0.15) is 0 Å². The Labute approximate surface area is 195 Å². The Balaban J connectivity index is 0. The molecule has 0 nitrogen and oxygen atoms in total. The molecule has 0 N–H and O–H groups in total. The van der Waals surface area contributed by atoms with Gasteiger partial charge in [-0.2, -0.15) is 0 Å². The summed E-state index contributed by atoms with van der Waals surface area (Å²) in [5.41, 5.74) is 6.51. The van der Waals surface area contributed by atoms with Crippen molar-refractivity contribution in [3.05, 3.63) is 103 Å². The molecule has 0 saturated carbocycles. The van der Waals surface area contributed by atoms with Gasteiger partial charge in [-0.25, -0.2) is 0 Å². The van der Waals surface area contributed by atoms with Crippen LogP contribution in [-0.4, -0.2) is 0 Å². The molecule has 0 aliphatic heterocycles. The molecular formula is C31H46. The summed E-state index contributed by atoms with van der Waals surface area (Å²) in [4.78, 5) is 0. The molecule has 0 fully saturated rings. The molecule has 0 spiro atoms. The van der Waals surface area contributed by atoms with Crippen molar-refractivity contribution in [3.63, 3.8) is 0 Å². The van der Waals surface area contributed by atoms with Crippen LogP contribution in [-0.2, 0) is 6.42 Å². The van der Waals surface area contributed by atoms with Crippen molar-refractivity contribution in [3.8, 4) is 11.1 Å². The van der Waals surface area contributed by atoms with Crippen molar-refractivity contribution in [2.75, 3.05) is 0 Å². The molecule has 2 aromatic carbocycles. The van der Waals surface area contributed by atoms with E-state index in [1.807, 2.05) is 12.2 Å². The zero-order valence-corrected chi connectivity index (χ0v) is 20.2. The number of hydrogen-bond donors (Lipinski definition) is 0. The van der Waals surface area contributed by atoms with Gasteiger partial charge < -0.3 is 0 Å². The van der Waals surface area contributed by atoms with Crippen molar-refractivity contribution in [1.82, 2.24) is 0 Å². The monoisotopic (exact) mass is 418 g/mol. The number of aryl methyl sites for hydroxylation is 1. The zero-order valence-electron chi connectivity index (χ0n) is 20.2. The summed E-state index contributed by atoms with van der Waals surface area (Å²) in [7, 11) is 0. The molecule has 0 saturated heterocycles. The lowest BCUT2D eigenvalue weighted by atomic mass is 9.93. The second kappa shape index (κ2) is 16.1. The maximum Gasteiger partial charge on any atom is 0 e. The van der Waals surface area contributed by atoms with Crippen LogP contribution in [0.4, 0.5) is 0 Å². The summed E-state index contributed by atoms with van der Waals surface area (Å²) in [5.74, 6) is 0.658. The van der Waals surface area contributed by atoms with Crippen LogP contribution in [0.2, 0.25) is 0 Å². The lowest BCUT2D eigenvalue weighted by Crippen LogP contribution is -2.00. The Kier molecular flexibility index (Phi) is 13.8. The Bertz CT molecular complexity index is 801. The summed E-state index contributed by atoms with van der Waals surface area (Å²) in [5, 5.41) is 0. The predicted molar refractivity (Wildman–Crippen MR) is 147 cm³/mol. The highest BCUT2D eigenvalue weighted by atomic mass is 14.1. The van der Waals surface area contributed by atoms with E-state index in [9.17, 15) is 0 Å². The van der Waals surface area contributed by atoms with E-state index in [4.69, 9.17) is 0 Å². The van der Waals surface area contributed by atoms with Crippen molar-refractivity contribution in [2.24, 2.45) is 5.92 Å². The molecule has 2 aromatic rings. The topological polar surface area (TPSA) is 0 Å². The fraction of sp³-hybridized carbons (Fsp3) is 0.355. The minimum absolute atomic E-state index is 0. The quantitative estimate of drug-likeness (QED) is 0.251. The molecule has 0 radical (unpaired) electrons. The lowest BCUT2D eigenvalue weighted by molar-refractivity contribution is 0.499.